The van der Waals surface area contributed by atoms with Crippen LogP contribution in [-0.2, 0) is 17.9 Å². The molecule has 0 spiro atoms. The summed E-state index contributed by atoms with van der Waals surface area (Å²) in [5.41, 5.74) is 8.34. The van der Waals surface area contributed by atoms with Gasteiger partial charge in [-0.1, -0.05) is 38.1 Å². The molecule has 1 fully saturated rings. The van der Waals surface area contributed by atoms with Crippen LogP contribution in [0, 0.1) is 5.92 Å². The Morgan fingerprint density at radius 3 is 2.07 bits per heavy atom. The maximum Gasteiger partial charge on any atom is 0.237 e. The van der Waals surface area contributed by atoms with Crippen molar-refractivity contribution in [1.29, 1.82) is 0 Å². The Morgan fingerprint density at radius 2 is 1.56 bits per heavy atom. The Morgan fingerprint density at radius 1 is 1.04 bits per heavy atom. The number of hydrogen-bond donors (Lipinski definition) is 2. The highest BCUT2D eigenvalue weighted by Gasteiger charge is 2.15. The smallest absolute Gasteiger partial charge is 0.237 e. The van der Waals surface area contributed by atoms with Crippen molar-refractivity contribution >= 4 is 43.1 Å². The summed E-state index contributed by atoms with van der Waals surface area (Å²) in [5.74, 6) is 0.366. The van der Waals surface area contributed by atoms with Gasteiger partial charge in [0.05, 0.1) is 6.04 Å². The quantitative estimate of drug-likeness (QED) is 0.683. The van der Waals surface area contributed by atoms with Gasteiger partial charge >= 0.3 is 0 Å². The van der Waals surface area contributed by atoms with Gasteiger partial charge in [0, 0.05) is 39.3 Å². The van der Waals surface area contributed by atoms with Gasteiger partial charge in [-0.2, -0.15) is 0 Å². The SMILES string of the molecule is CC(C)C[C@H](N)C(=O)NCc1ccc(CN2CCN(C)CC2)cc1.Cl.Cl.Cl. The molecule has 0 unspecified atom stereocenters. The number of piperazine rings is 1. The summed E-state index contributed by atoms with van der Waals surface area (Å²) in [7, 11) is 2.17. The summed E-state index contributed by atoms with van der Waals surface area (Å²) < 4.78 is 0. The highest BCUT2D eigenvalue weighted by atomic mass is 35.5. The maximum absolute atomic E-state index is 12.0. The summed E-state index contributed by atoms with van der Waals surface area (Å²) in [6.07, 6.45) is 0.718. The van der Waals surface area contributed by atoms with Gasteiger partial charge in [0.2, 0.25) is 5.91 Å². The molecule has 0 saturated carbocycles. The first-order valence-corrected chi connectivity index (χ1v) is 8.96. The van der Waals surface area contributed by atoms with Gasteiger partial charge < -0.3 is 16.0 Å². The molecule has 1 amide bonds. The van der Waals surface area contributed by atoms with Gasteiger partial charge in [0.25, 0.3) is 0 Å². The molecule has 1 saturated heterocycles. The fraction of sp³-hybridized carbons (Fsp3) is 0.632. The van der Waals surface area contributed by atoms with Crippen LogP contribution in [0.15, 0.2) is 24.3 Å². The zero-order valence-electron chi connectivity index (χ0n) is 16.5. The van der Waals surface area contributed by atoms with Crippen LogP contribution in [0.5, 0.6) is 0 Å². The molecule has 0 aromatic heterocycles. The third-order valence-corrected chi connectivity index (χ3v) is 4.55. The topological polar surface area (TPSA) is 61.6 Å². The molecule has 2 rings (SSSR count). The van der Waals surface area contributed by atoms with Crippen molar-refractivity contribution in [2.24, 2.45) is 11.7 Å². The molecule has 3 N–H and O–H groups in total. The minimum absolute atomic E-state index is 0. The molecule has 1 heterocycles. The molecule has 1 atom stereocenters. The van der Waals surface area contributed by atoms with E-state index in [1.165, 1.54) is 5.56 Å². The van der Waals surface area contributed by atoms with Crippen molar-refractivity contribution in [2.45, 2.75) is 39.4 Å². The highest BCUT2D eigenvalue weighted by Crippen LogP contribution is 2.10. The molecule has 0 bridgehead atoms. The number of benzene rings is 1. The first kappa shape index (κ1) is 28.6. The van der Waals surface area contributed by atoms with Gasteiger partial charge in [-0.05, 0) is 30.5 Å². The van der Waals surface area contributed by atoms with E-state index in [9.17, 15) is 4.79 Å². The van der Waals surface area contributed by atoms with E-state index in [0.717, 1.165) is 44.7 Å². The second-order valence-corrected chi connectivity index (χ2v) is 7.35. The molecule has 1 aromatic carbocycles. The Hall–Kier alpha value is -0.560. The average Bonchev–Trinajstić information content (AvgIpc) is 2.55. The van der Waals surface area contributed by atoms with Gasteiger partial charge in [0.15, 0.2) is 0 Å². The van der Waals surface area contributed by atoms with E-state index in [1.54, 1.807) is 0 Å². The van der Waals surface area contributed by atoms with E-state index in [1.807, 2.05) is 0 Å². The number of amides is 1. The molecular weight excluding hydrogens is 407 g/mol. The normalized spacial score (nSPS) is 15.9. The first-order chi connectivity index (χ1) is 11.4. The zero-order chi connectivity index (χ0) is 17.5. The van der Waals surface area contributed by atoms with E-state index in [2.05, 4.69) is 60.3 Å². The van der Waals surface area contributed by atoms with Crippen molar-refractivity contribution in [3.05, 3.63) is 35.4 Å². The van der Waals surface area contributed by atoms with Crippen LogP contribution in [0.3, 0.4) is 0 Å². The maximum atomic E-state index is 12.0. The van der Waals surface area contributed by atoms with E-state index in [0.29, 0.717) is 12.5 Å². The lowest BCUT2D eigenvalue weighted by atomic mass is 10.0. The Kier molecular flexibility index (Phi) is 15.3. The molecule has 8 heteroatoms. The van der Waals surface area contributed by atoms with Crippen LogP contribution >= 0.6 is 37.2 Å². The molecule has 5 nitrogen and oxygen atoms in total. The zero-order valence-corrected chi connectivity index (χ0v) is 19.0. The van der Waals surface area contributed by atoms with Crippen LogP contribution in [0.1, 0.15) is 31.4 Å². The summed E-state index contributed by atoms with van der Waals surface area (Å²) >= 11 is 0. The van der Waals surface area contributed by atoms with Crippen molar-refractivity contribution in [3.63, 3.8) is 0 Å². The average molecular weight is 442 g/mol. The lowest BCUT2D eigenvalue weighted by Gasteiger charge is -2.32. The summed E-state index contributed by atoms with van der Waals surface area (Å²) in [6, 6.07) is 8.10. The largest absolute Gasteiger partial charge is 0.351 e. The van der Waals surface area contributed by atoms with E-state index >= 15 is 0 Å². The predicted molar refractivity (Wildman–Crippen MR) is 120 cm³/mol. The Labute approximate surface area is 182 Å². The fourth-order valence-electron chi connectivity index (χ4n) is 2.96. The Bertz CT molecular complexity index is 520. The fourth-order valence-corrected chi connectivity index (χ4v) is 2.96. The third kappa shape index (κ3) is 10.5. The number of nitrogens with one attached hydrogen (secondary N) is 1. The second-order valence-electron chi connectivity index (χ2n) is 7.35. The van der Waals surface area contributed by atoms with Gasteiger partial charge in [0.1, 0.15) is 0 Å². The standard InChI is InChI=1S/C19H32N4O.3ClH/c1-15(2)12-18(20)19(24)21-13-16-4-6-17(7-5-16)14-23-10-8-22(3)9-11-23;;;/h4-7,15,18H,8-14,20H2,1-3H3,(H,21,24);3*1H/t18-;;;/m0.../s1. The monoisotopic (exact) mass is 440 g/mol. The van der Waals surface area contributed by atoms with Crippen molar-refractivity contribution < 1.29 is 4.79 Å². The molecule has 27 heavy (non-hydrogen) atoms. The molecule has 158 valence electrons. The minimum atomic E-state index is -0.415. The summed E-state index contributed by atoms with van der Waals surface area (Å²) in [4.78, 5) is 16.8. The van der Waals surface area contributed by atoms with Crippen LogP contribution < -0.4 is 11.1 Å². The highest BCUT2D eigenvalue weighted by molar-refractivity contribution is 5.86. The second kappa shape index (κ2) is 14.4. The number of likely N-dealkylation sites (N-methyl/N-ethyl adjacent to an activating group) is 1. The van der Waals surface area contributed by atoms with Crippen LogP contribution in [0.2, 0.25) is 0 Å². The third-order valence-electron chi connectivity index (χ3n) is 4.55. The predicted octanol–water partition coefficient (Wildman–Crippen LogP) is 2.69. The van der Waals surface area contributed by atoms with Crippen molar-refractivity contribution in [3.8, 4) is 0 Å². The van der Waals surface area contributed by atoms with Gasteiger partial charge in [-0.3, -0.25) is 9.69 Å². The first-order valence-electron chi connectivity index (χ1n) is 8.96. The molecular formula is C19H35Cl3N4O. The van der Waals surface area contributed by atoms with Crippen LogP contribution in [0.25, 0.3) is 0 Å². The summed E-state index contributed by atoms with van der Waals surface area (Å²) in [6.45, 7) is 10.2. The number of nitrogens with zero attached hydrogens (tertiary/aromatic N) is 2. The number of nitrogens with two attached hydrogens (primary N) is 1. The Balaban J connectivity index is 0. The number of rotatable bonds is 7. The summed E-state index contributed by atoms with van der Waals surface area (Å²) in [5, 5.41) is 2.93. The number of carbonyl (C=O) groups is 1. The number of hydrogen-bond acceptors (Lipinski definition) is 4. The van der Waals surface area contributed by atoms with E-state index in [-0.39, 0.29) is 43.1 Å². The molecule has 0 radical (unpaired) electrons. The molecule has 1 aliphatic rings. The molecule has 1 aliphatic heterocycles. The molecule has 1 aromatic rings. The number of halogens is 3. The van der Waals surface area contributed by atoms with Crippen molar-refractivity contribution in [2.75, 3.05) is 33.2 Å². The molecule has 0 aliphatic carbocycles. The lowest BCUT2D eigenvalue weighted by Crippen LogP contribution is -2.43. The van der Waals surface area contributed by atoms with Crippen LogP contribution in [0.4, 0.5) is 0 Å². The van der Waals surface area contributed by atoms with Gasteiger partial charge in [-0.15, -0.1) is 37.2 Å². The number of carbonyl (C=O) groups excluding carboxylic acids is 1. The van der Waals surface area contributed by atoms with E-state index < -0.39 is 6.04 Å². The minimum Gasteiger partial charge on any atom is -0.351 e. The van der Waals surface area contributed by atoms with Crippen LogP contribution in [-0.4, -0.2) is 55.0 Å². The van der Waals surface area contributed by atoms with E-state index in [4.69, 9.17) is 5.73 Å². The lowest BCUT2D eigenvalue weighted by molar-refractivity contribution is -0.122. The van der Waals surface area contributed by atoms with Gasteiger partial charge in [-0.25, -0.2) is 0 Å². The van der Waals surface area contributed by atoms with Crippen molar-refractivity contribution in [1.82, 2.24) is 15.1 Å².